The molecule has 0 bridgehead atoms. The van der Waals surface area contributed by atoms with Crippen molar-refractivity contribution in [3.8, 4) is 12.8 Å². The van der Waals surface area contributed by atoms with E-state index < -0.39 is 12.0 Å². The number of hydrogen-bond acceptors (Lipinski definition) is 2. The molecule has 5 nitrogen and oxygen atoms in total. The molecule has 0 spiro atoms. The van der Waals surface area contributed by atoms with Gasteiger partial charge in [0.05, 0.1) is 0 Å². The van der Waals surface area contributed by atoms with E-state index in [1.807, 2.05) is 0 Å². The number of rotatable bonds is 5. The lowest BCUT2D eigenvalue weighted by molar-refractivity contribution is -0.137. The number of urea groups is 1. The molecule has 13 heavy (non-hydrogen) atoms. The Hall–Kier alpha value is -1.70. The van der Waals surface area contributed by atoms with Crippen LogP contribution in [-0.2, 0) is 4.79 Å². The number of carboxylic acid groups (broad SMARTS) is 1. The summed E-state index contributed by atoms with van der Waals surface area (Å²) in [5.41, 5.74) is 4.77. The highest BCUT2D eigenvalue weighted by Crippen LogP contribution is 1.92. The molecule has 2 amide bonds. The quantitative estimate of drug-likeness (QED) is 0.421. The van der Waals surface area contributed by atoms with E-state index in [9.17, 15) is 9.59 Å². The number of carbonyl (C=O) groups is 2. The Morgan fingerprint density at radius 3 is 2.23 bits per heavy atom. The van der Waals surface area contributed by atoms with Crippen LogP contribution in [0.15, 0.2) is 0 Å². The Balaban J connectivity index is 0. The number of carbonyl (C=O) groups excluding carboxylic acids is 1. The molecule has 0 aliphatic rings. The van der Waals surface area contributed by atoms with Crippen molar-refractivity contribution >= 4 is 12.0 Å². The Morgan fingerprint density at radius 2 is 1.85 bits per heavy atom. The molecule has 0 saturated heterocycles. The van der Waals surface area contributed by atoms with Gasteiger partial charge in [-0.3, -0.25) is 4.79 Å². The maximum atomic E-state index is 10.1. The average Bonchev–Trinajstić information content (AvgIpc) is 2.06. The van der Waals surface area contributed by atoms with Crippen molar-refractivity contribution in [3.05, 3.63) is 0 Å². The van der Waals surface area contributed by atoms with E-state index in [4.69, 9.17) is 10.8 Å². The third-order valence-corrected chi connectivity index (χ3v) is 1.12. The number of carboxylic acids is 1. The zero-order valence-electron chi connectivity index (χ0n) is 7.32. The lowest BCUT2D eigenvalue weighted by Gasteiger charge is -1.98. The van der Waals surface area contributed by atoms with E-state index in [1.165, 1.54) is 0 Å². The molecule has 0 aromatic carbocycles. The van der Waals surface area contributed by atoms with Crippen molar-refractivity contribution in [2.75, 3.05) is 6.54 Å². The molecule has 0 fully saturated rings. The first-order valence-corrected chi connectivity index (χ1v) is 3.71. The molecule has 4 N–H and O–H groups in total. The van der Waals surface area contributed by atoms with Gasteiger partial charge in [-0.15, -0.1) is 12.8 Å². The van der Waals surface area contributed by atoms with Crippen molar-refractivity contribution in [1.82, 2.24) is 5.32 Å². The Labute approximate surface area is 77.3 Å². The largest absolute Gasteiger partial charge is 0.481 e. The van der Waals surface area contributed by atoms with Crippen molar-refractivity contribution < 1.29 is 14.7 Å². The molecule has 0 aromatic rings. The summed E-state index contributed by atoms with van der Waals surface area (Å²) in [6, 6.07) is -0.569. The van der Waals surface area contributed by atoms with Crippen LogP contribution in [0.25, 0.3) is 0 Å². The number of hydrogen-bond donors (Lipinski definition) is 3. The summed E-state index contributed by atoms with van der Waals surface area (Å²) in [7, 11) is 0. The summed E-state index contributed by atoms with van der Waals surface area (Å²) >= 11 is 0. The van der Waals surface area contributed by atoms with Gasteiger partial charge in [-0.05, 0) is 12.8 Å². The van der Waals surface area contributed by atoms with E-state index in [2.05, 4.69) is 18.2 Å². The number of primary amides is 1. The average molecular weight is 186 g/mol. The van der Waals surface area contributed by atoms with Gasteiger partial charge in [-0.25, -0.2) is 4.79 Å². The van der Waals surface area contributed by atoms with E-state index in [0.29, 0.717) is 19.4 Å². The van der Waals surface area contributed by atoms with E-state index in [0.717, 1.165) is 0 Å². The van der Waals surface area contributed by atoms with Crippen molar-refractivity contribution in [3.63, 3.8) is 0 Å². The lowest BCUT2D eigenvalue weighted by Crippen LogP contribution is -2.30. The first-order valence-electron chi connectivity index (χ1n) is 3.71. The third kappa shape index (κ3) is 17.9. The Kier molecular flexibility index (Phi) is 11.0. The molecule has 0 aromatic heterocycles. The smallest absolute Gasteiger partial charge is 0.312 e. The fraction of sp³-hybridized carbons (Fsp3) is 0.500. The van der Waals surface area contributed by atoms with Crippen LogP contribution in [0.2, 0.25) is 0 Å². The highest BCUT2D eigenvalue weighted by Gasteiger charge is 1.96. The molecule has 0 aliphatic heterocycles. The molecule has 0 aliphatic carbocycles. The van der Waals surface area contributed by atoms with E-state index >= 15 is 0 Å². The predicted molar refractivity (Wildman–Crippen MR) is 49.0 cm³/mol. The van der Waals surface area contributed by atoms with Crippen LogP contribution in [0.4, 0.5) is 4.79 Å². The fourth-order valence-electron chi connectivity index (χ4n) is 0.613. The van der Waals surface area contributed by atoms with Crippen LogP contribution < -0.4 is 11.1 Å². The van der Waals surface area contributed by atoms with Gasteiger partial charge >= 0.3 is 12.0 Å². The minimum absolute atomic E-state index is 0.139. The van der Waals surface area contributed by atoms with Crippen LogP contribution in [0.5, 0.6) is 0 Å². The summed E-state index contributed by atoms with van der Waals surface area (Å²) in [5, 5.41) is 10.6. The van der Waals surface area contributed by atoms with Crippen molar-refractivity contribution in [2.24, 2.45) is 5.73 Å². The number of aliphatic carboxylic acids is 1. The molecule has 0 heterocycles. The second kappa shape index (κ2) is 10.3. The molecule has 0 unspecified atom stereocenters. The summed E-state index contributed by atoms with van der Waals surface area (Å²) in [4.78, 5) is 20.1. The molecular weight excluding hydrogens is 172 g/mol. The van der Waals surface area contributed by atoms with Gasteiger partial charge < -0.3 is 16.2 Å². The second-order valence-corrected chi connectivity index (χ2v) is 2.14. The number of amides is 2. The van der Waals surface area contributed by atoms with Crippen LogP contribution >= 0.6 is 0 Å². The minimum Gasteiger partial charge on any atom is -0.481 e. The maximum Gasteiger partial charge on any atom is 0.312 e. The Morgan fingerprint density at radius 1 is 1.31 bits per heavy atom. The van der Waals surface area contributed by atoms with Gasteiger partial charge in [0, 0.05) is 13.0 Å². The molecular formula is C8H14N2O3. The monoisotopic (exact) mass is 186 g/mol. The van der Waals surface area contributed by atoms with Gasteiger partial charge in [-0.2, -0.15) is 0 Å². The minimum atomic E-state index is -0.816. The van der Waals surface area contributed by atoms with Crippen LogP contribution in [-0.4, -0.2) is 23.7 Å². The van der Waals surface area contributed by atoms with Gasteiger partial charge in [0.25, 0.3) is 0 Å². The standard InChI is InChI=1S/C6H12N2O3.C2H2/c7-6(11)8-4-2-1-3-5(9)10;1-2/h1-4H2,(H,9,10)(H3,7,8,11);1-2H. The topological polar surface area (TPSA) is 92.4 Å². The highest BCUT2D eigenvalue weighted by atomic mass is 16.4. The first kappa shape index (κ1) is 13.9. The summed E-state index contributed by atoms with van der Waals surface area (Å²) in [5.74, 6) is -0.816. The molecule has 0 saturated carbocycles. The zero-order valence-corrected chi connectivity index (χ0v) is 7.32. The van der Waals surface area contributed by atoms with Crippen molar-refractivity contribution in [1.29, 1.82) is 0 Å². The summed E-state index contributed by atoms with van der Waals surface area (Å²) in [6.07, 6.45) is 9.35. The number of terminal acetylenes is 1. The van der Waals surface area contributed by atoms with Gasteiger partial charge in [0.15, 0.2) is 0 Å². The van der Waals surface area contributed by atoms with Crippen LogP contribution in [0, 0.1) is 12.8 Å². The molecule has 0 rings (SSSR count). The third-order valence-electron chi connectivity index (χ3n) is 1.12. The van der Waals surface area contributed by atoms with E-state index in [-0.39, 0.29) is 6.42 Å². The molecule has 5 heteroatoms. The second-order valence-electron chi connectivity index (χ2n) is 2.14. The lowest BCUT2D eigenvalue weighted by atomic mass is 10.2. The number of unbranched alkanes of at least 4 members (excludes halogenated alkanes) is 1. The van der Waals surface area contributed by atoms with Gasteiger partial charge in [-0.1, -0.05) is 0 Å². The Bertz CT molecular complexity index is 161. The fourth-order valence-corrected chi connectivity index (χ4v) is 0.613. The number of nitrogens with one attached hydrogen (secondary N) is 1. The van der Waals surface area contributed by atoms with Gasteiger partial charge in [0.1, 0.15) is 0 Å². The first-order chi connectivity index (χ1) is 6.13. The predicted octanol–water partition coefficient (Wildman–Crippen LogP) is 0.159. The molecule has 0 radical (unpaired) electrons. The maximum absolute atomic E-state index is 10.1. The normalized spacial score (nSPS) is 7.85. The van der Waals surface area contributed by atoms with Crippen molar-refractivity contribution in [2.45, 2.75) is 19.3 Å². The van der Waals surface area contributed by atoms with Crippen LogP contribution in [0.1, 0.15) is 19.3 Å². The highest BCUT2D eigenvalue weighted by molar-refractivity contribution is 5.71. The van der Waals surface area contributed by atoms with E-state index in [1.54, 1.807) is 0 Å². The summed E-state index contributed by atoms with van der Waals surface area (Å²) in [6.45, 7) is 0.447. The molecule has 74 valence electrons. The van der Waals surface area contributed by atoms with Crippen LogP contribution in [0.3, 0.4) is 0 Å². The molecule has 0 atom stereocenters. The SMILES string of the molecule is C#C.NC(=O)NCCCCC(=O)O. The van der Waals surface area contributed by atoms with Gasteiger partial charge in [0.2, 0.25) is 0 Å². The zero-order chi connectivity index (χ0) is 10.7. The number of nitrogens with two attached hydrogens (primary N) is 1. The summed E-state index contributed by atoms with van der Waals surface area (Å²) < 4.78 is 0.